The number of ether oxygens (including phenoxy) is 1. The maximum absolute atomic E-state index is 10.5. The molecule has 0 aliphatic heterocycles. The molecule has 4 nitrogen and oxygen atoms in total. The summed E-state index contributed by atoms with van der Waals surface area (Å²) in [6.45, 7) is 3.89. The van der Waals surface area contributed by atoms with Gasteiger partial charge in [-0.15, -0.1) is 0 Å². The van der Waals surface area contributed by atoms with Crippen LogP contribution in [0.5, 0.6) is 5.75 Å². The third-order valence-electron chi connectivity index (χ3n) is 1.80. The number of benzene rings is 1. The zero-order valence-corrected chi connectivity index (χ0v) is 8.09. The highest BCUT2D eigenvalue weighted by Crippen LogP contribution is 2.17. The Morgan fingerprint density at radius 1 is 1.47 bits per heavy atom. The van der Waals surface area contributed by atoms with Gasteiger partial charge in [-0.25, -0.2) is 4.79 Å². The van der Waals surface area contributed by atoms with E-state index < -0.39 is 12.1 Å². The standard InChI is InChI=1S/C11H12O4/c1-2-7-15-9-5-3-8(4-6-9)10(12)11(13)14/h2-6,10,12H,1,7H2,(H,13,14). The van der Waals surface area contributed by atoms with Crippen molar-refractivity contribution in [3.8, 4) is 5.75 Å². The van der Waals surface area contributed by atoms with E-state index in [2.05, 4.69) is 6.58 Å². The van der Waals surface area contributed by atoms with Crippen LogP contribution in [0.2, 0.25) is 0 Å². The van der Waals surface area contributed by atoms with Gasteiger partial charge in [-0.3, -0.25) is 0 Å². The second-order valence-electron chi connectivity index (χ2n) is 2.91. The number of aliphatic carboxylic acids is 1. The average Bonchev–Trinajstić information content (AvgIpc) is 2.26. The Hall–Kier alpha value is -1.81. The van der Waals surface area contributed by atoms with E-state index in [0.29, 0.717) is 17.9 Å². The molecule has 0 aliphatic rings. The Bertz CT molecular complexity index is 342. The molecule has 2 N–H and O–H groups in total. The van der Waals surface area contributed by atoms with Gasteiger partial charge in [0.1, 0.15) is 12.4 Å². The fourth-order valence-corrected chi connectivity index (χ4v) is 1.04. The van der Waals surface area contributed by atoms with Gasteiger partial charge in [0.2, 0.25) is 0 Å². The van der Waals surface area contributed by atoms with Crippen LogP contribution in [0.3, 0.4) is 0 Å². The molecule has 1 unspecified atom stereocenters. The molecule has 0 spiro atoms. The molecule has 1 aromatic rings. The first-order valence-corrected chi connectivity index (χ1v) is 4.39. The minimum atomic E-state index is -1.49. The molecule has 1 aromatic carbocycles. The number of hydrogen-bond donors (Lipinski definition) is 2. The molecule has 15 heavy (non-hydrogen) atoms. The number of carboxylic acids is 1. The average molecular weight is 208 g/mol. The smallest absolute Gasteiger partial charge is 0.337 e. The highest BCUT2D eigenvalue weighted by Gasteiger charge is 2.15. The van der Waals surface area contributed by atoms with Gasteiger partial charge < -0.3 is 14.9 Å². The number of aliphatic hydroxyl groups excluding tert-OH is 1. The first-order chi connectivity index (χ1) is 7.15. The summed E-state index contributed by atoms with van der Waals surface area (Å²) < 4.78 is 5.20. The summed E-state index contributed by atoms with van der Waals surface area (Å²) in [5, 5.41) is 17.8. The van der Waals surface area contributed by atoms with E-state index in [-0.39, 0.29) is 0 Å². The van der Waals surface area contributed by atoms with E-state index in [1.165, 1.54) is 12.1 Å². The fraction of sp³-hybridized carbons (Fsp3) is 0.182. The van der Waals surface area contributed by atoms with Crippen molar-refractivity contribution in [3.63, 3.8) is 0 Å². The fourth-order valence-electron chi connectivity index (χ4n) is 1.04. The normalized spacial score (nSPS) is 11.8. The van der Waals surface area contributed by atoms with Crippen LogP contribution >= 0.6 is 0 Å². The molecule has 0 aliphatic carbocycles. The van der Waals surface area contributed by atoms with E-state index >= 15 is 0 Å². The summed E-state index contributed by atoms with van der Waals surface area (Å²) in [5.74, 6) is -0.661. The van der Waals surface area contributed by atoms with Gasteiger partial charge in [0, 0.05) is 0 Å². The van der Waals surface area contributed by atoms with Crippen molar-refractivity contribution in [1.82, 2.24) is 0 Å². The predicted octanol–water partition coefficient (Wildman–Crippen LogP) is 1.37. The third-order valence-corrected chi connectivity index (χ3v) is 1.80. The van der Waals surface area contributed by atoms with Crippen molar-refractivity contribution in [3.05, 3.63) is 42.5 Å². The molecule has 0 aromatic heterocycles. The molecular weight excluding hydrogens is 196 g/mol. The first-order valence-electron chi connectivity index (χ1n) is 4.39. The first kappa shape index (κ1) is 11.3. The summed E-state index contributed by atoms with van der Waals surface area (Å²) in [4.78, 5) is 10.5. The monoisotopic (exact) mass is 208 g/mol. The van der Waals surface area contributed by atoms with E-state index in [0.717, 1.165) is 0 Å². The molecule has 4 heteroatoms. The quantitative estimate of drug-likeness (QED) is 0.717. The molecule has 80 valence electrons. The topological polar surface area (TPSA) is 66.8 Å². The summed E-state index contributed by atoms with van der Waals surface area (Å²) in [6, 6.07) is 6.23. The van der Waals surface area contributed by atoms with Crippen molar-refractivity contribution < 1.29 is 19.7 Å². The zero-order valence-electron chi connectivity index (χ0n) is 8.09. The van der Waals surface area contributed by atoms with Crippen LogP contribution in [-0.2, 0) is 4.79 Å². The number of carbonyl (C=O) groups is 1. The van der Waals surface area contributed by atoms with Gasteiger partial charge in [-0.1, -0.05) is 24.8 Å². The van der Waals surface area contributed by atoms with Crippen LogP contribution in [0.25, 0.3) is 0 Å². The largest absolute Gasteiger partial charge is 0.490 e. The summed E-state index contributed by atoms with van der Waals surface area (Å²) in [6.07, 6.45) is 0.124. The number of hydrogen-bond acceptors (Lipinski definition) is 3. The highest BCUT2D eigenvalue weighted by molar-refractivity contribution is 5.74. The summed E-state index contributed by atoms with van der Waals surface area (Å²) in [5.41, 5.74) is 0.327. The van der Waals surface area contributed by atoms with Crippen molar-refractivity contribution >= 4 is 5.97 Å². The lowest BCUT2D eigenvalue weighted by Gasteiger charge is -2.07. The molecule has 0 fully saturated rings. The highest BCUT2D eigenvalue weighted by atomic mass is 16.5. The van der Waals surface area contributed by atoms with Crippen LogP contribution < -0.4 is 4.74 Å². The van der Waals surface area contributed by atoms with Crippen LogP contribution in [0.1, 0.15) is 11.7 Å². The van der Waals surface area contributed by atoms with E-state index in [9.17, 15) is 9.90 Å². The summed E-state index contributed by atoms with van der Waals surface area (Å²) >= 11 is 0. The SMILES string of the molecule is C=CCOc1ccc(C(O)C(=O)O)cc1. The predicted molar refractivity (Wildman–Crippen MR) is 54.7 cm³/mol. The minimum Gasteiger partial charge on any atom is -0.490 e. The maximum Gasteiger partial charge on any atom is 0.337 e. The summed E-state index contributed by atoms with van der Waals surface area (Å²) in [7, 11) is 0. The maximum atomic E-state index is 10.5. The molecule has 1 atom stereocenters. The molecule has 0 saturated heterocycles. The Morgan fingerprint density at radius 2 is 2.07 bits per heavy atom. The van der Waals surface area contributed by atoms with Crippen molar-refractivity contribution in [2.45, 2.75) is 6.10 Å². The van der Waals surface area contributed by atoms with E-state index in [1.54, 1.807) is 18.2 Å². The van der Waals surface area contributed by atoms with Gasteiger partial charge in [0.05, 0.1) is 0 Å². The van der Waals surface area contributed by atoms with Crippen LogP contribution in [0, 0.1) is 0 Å². The number of rotatable bonds is 5. The molecule has 0 radical (unpaired) electrons. The van der Waals surface area contributed by atoms with E-state index in [1.807, 2.05) is 0 Å². The van der Waals surface area contributed by atoms with Crippen LogP contribution in [0.15, 0.2) is 36.9 Å². The van der Waals surface area contributed by atoms with Crippen LogP contribution in [-0.4, -0.2) is 22.8 Å². The molecule has 0 bridgehead atoms. The Balaban J connectivity index is 2.71. The van der Waals surface area contributed by atoms with Gasteiger partial charge in [-0.2, -0.15) is 0 Å². The number of carboxylic acid groups (broad SMARTS) is 1. The Morgan fingerprint density at radius 3 is 2.53 bits per heavy atom. The second-order valence-corrected chi connectivity index (χ2v) is 2.91. The Labute approximate surface area is 87.4 Å². The lowest BCUT2D eigenvalue weighted by molar-refractivity contribution is -0.146. The van der Waals surface area contributed by atoms with Gasteiger partial charge >= 0.3 is 5.97 Å². The van der Waals surface area contributed by atoms with Crippen molar-refractivity contribution in [1.29, 1.82) is 0 Å². The molecule has 0 saturated carbocycles. The van der Waals surface area contributed by atoms with Crippen molar-refractivity contribution in [2.24, 2.45) is 0 Å². The minimum absolute atomic E-state index is 0.327. The van der Waals surface area contributed by atoms with Gasteiger partial charge in [0.15, 0.2) is 6.10 Å². The molecule has 1 rings (SSSR count). The van der Waals surface area contributed by atoms with Crippen LogP contribution in [0.4, 0.5) is 0 Å². The lowest BCUT2D eigenvalue weighted by Crippen LogP contribution is -2.10. The molecular formula is C11H12O4. The van der Waals surface area contributed by atoms with Gasteiger partial charge in [0.25, 0.3) is 0 Å². The van der Waals surface area contributed by atoms with E-state index in [4.69, 9.17) is 9.84 Å². The number of aliphatic hydroxyl groups is 1. The van der Waals surface area contributed by atoms with Gasteiger partial charge in [-0.05, 0) is 17.7 Å². The zero-order chi connectivity index (χ0) is 11.3. The Kier molecular flexibility index (Phi) is 3.88. The second kappa shape index (κ2) is 5.17. The molecule has 0 heterocycles. The van der Waals surface area contributed by atoms with Crippen molar-refractivity contribution in [2.75, 3.05) is 6.61 Å². The molecule has 0 amide bonds. The third kappa shape index (κ3) is 3.11. The lowest BCUT2D eigenvalue weighted by atomic mass is 10.1.